The van der Waals surface area contributed by atoms with Gasteiger partial charge in [0.25, 0.3) is 0 Å². The van der Waals surface area contributed by atoms with E-state index in [1.807, 2.05) is 0 Å². The first-order chi connectivity index (χ1) is 16.0. The number of carbonyl (C=O) groups is 1. The topological polar surface area (TPSA) is 76.0 Å². The molecular weight excluding hydrogens is 436 g/mol. The lowest BCUT2D eigenvalue weighted by molar-refractivity contribution is -0.137. The summed E-state index contributed by atoms with van der Waals surface area (Å²) >= 11 is 1.18. The summed E-state index contributed by atoms with van der Waals surface area (Å²) < 4.78 is 9.87. The lowest BCUT2D eigenvalue weighted by Crippen LogP contribution is -2.04. The van der Waals surface area contributed by atoms with Gasteiger partial charge in [0.2, 0.25) is 0 Å². The number of ether oxygens (including phenoxy) is 2. The summed E-state index contributed by atoms with van der Waals surface area (Å²) in [6.45, 7) is 2.25. The zero-order valence-electron chi connectivity index (χ0n) is 20.9. The first-order valence-electron chi connectivity index (χ1n) is 12.5. The van der Waals surface area contributed by atoms with Crippen LogP contribution in [0.2, 0.25) is 0 Å². The van der Waals surface area contributed by atoms with Crippen LogP contribution in [0.5, 0.6) is 17.2 Å². The van der Waals surface area contributed by atoms with Crippen molar-refractivity contribution < 1.29 is 24.5 Å². The van der Waals surface area contributed by atoms with E-state index in [0.29, 0.717) is 16.9 Å². The lowest BCUT2D eigenvalue weighted by atomic mass is 10.0. The maximum atomic E-state index is 11.5. The molecule has 188 valence electrons. The molecule has 0 aliphatic heterocycles. The van der Waals surface area contributed by atoms with Crippen LogP contribution in [0.4, 0.5) is 0 Å². The minimum Gasteiger partial charge on any atom is -0.507 e. The summed E-state index contributed by atoms with van der Waals surface area (Å²) in [5, 5.41) is 20.9. The van der Waals surface area contributed by atoms with Crippen LogP contribution in [0.15, 0.2) is 23.1 Å². The number of rotatable bonds is 19. The third kappa shape index (κ3) is 12.3. The molecule has 0 heterocycles. The van der Waals surface area contributed by atoms with Gasteiger partial charge in [-0.15, -0.1) is 11.8 Å². The number of hydrogen-bond donors (Lipinski definition) is 2. The lowest BCUT2D eigenvalue weighted by Gasteiger charge is -2.15. The molecule has 0 saturated carbocycles. The molecule has 1 aromatic carbocycles. The number of esters is 1. The number of benzene rings is 1. The number of allylic oxidation sites excluding steroid dienone is 2. The van der Waals surface area contributed by atoms with Crippen molar-refractivity contribution in [3.8, 4) is 17.2 Å². The van der Waals surface area contributed by atoms with Gasteiger partial charge in [0, 0.05) is 11.6 Å². The van der Waals surface area contributed by atoms with Crippen LogP contribution in [0.1, 0.15) is 96.0 Å². The van der Waals surface area contributed by atoms with Crippen molar-refractivity contribution in [2.75, 3.05) is 20.0 Å². The highest BCUT2D eigenvalue weighted by Gasteiger charge is 2.19. The van der Waals surface area contributed by atoms with Crippen molar-refractivity contribution in [3.05, 3.63) is 23.8 Å². The minimum atomic E-state index is -0.372. The molecule has 0 unspecified atom stereocenters. The van der Waals surface area contributed by atoms with Crippen molar-refractivity contribution >= 4 is 17.7 Å². The van der Waals surface area contributed by atoms with E-state index in [1.54, 1.807) is 0 Å². The Labute approximate surface area is 205 Å². The van der Waals surface area contributed by atoms with Crippen LogP contribution in [0, 0.1) is 0 Å². The highest BCUT2D eigenvalue weighted by atomic mass is 32.2. The number of methoxy groups -OCH3 is 2. The Kier molecular flexibility index (Phi) is 16.5. The first-order valence-corrected chi connectivity index (χ1v) is 13.5. The number of unbranched alkanes of at least 4 members (excludes halogenated alkanes) is 11. The molecule has 0 fully saturated rings. The molecule has 0 atom stereocenters. The molecule has 5 nitrogen and oxygen atoms in total. The second kappa shape index (κ2) is 18.6. The molecule has 6 heteroatoms. The summed E-state index contributed by atoms with van der Waals surface area (Å²) in [6, 6.07) is 1.39. The van der Waals surface area contributed by atoms with E-state index < -0.39 is 0 Å². The predicted octanol–water partition coefficient (Wildman–Crippen LogP) is 7.56. The largest absolute Gasteiger partial charge is 0.507 e. The molecule has 0 radical (unpaired) electrons. The fourth-order valence-corrected chi connectivity index (χ4v) is 4.74. The van der Waals surface area contributed by atoms with E-state index in [2.05, 4.69) is 23.8 Å². The van der Waals surface area contributed by atoms with E-state index in [1.165, 1.54) is 96.3 Å². The third-order valence-electron chi connectivity index (χ3n) is 5.76. The van der Waals surface area contributed by atoms with Gasteiger partial charge in [-0.1, -0.05) is 70.4 Å². The maximum absolute atomic E-state index is 11.5. The van der Waals surface area contributed by atoms with Gasteiger partial charge in [-0.25, -0.2) is 0 Å². The number of phenolic OH excluding ortho intramolecular Hbond substituents is 2. The number of carbonyl (C=O) groups excluding carboxylic acids is 1. The fourth-order valence-electron chi connectivity index (χ4n) is 3.78. The summed E-state index contributed by atoms with van der Waals surface area (Å²) in [6.07, 6.45) is 21.2. The van der Waals surface area contributed by atoms with Crippen molar-refractivity contribution in [1.82, 2.24) is 0 Å². The number of thioether (sulfide) groups is 1. The van der Waals surface area contributed by atoms with Crippen molar-refractivity contribution in [2.24, 2.45) is 0 Å². The summed E-state index contributed by atoms with van der Waals surface area (Å²) in [4.78, 5) is 12.0. The van der Waals surface area contributed by atoms with Gasteiger partial charge >= 0.3 is 5.97 Å². The standard InChI is InChI=1S/C27H44O5S/c1-4-5-6-7-8-9-10-11-12-13-14-15-16-17-18-19-22-26(30)24(31-2)20-23(28)27(22)33-21-25(29)32-3/h9-10,20,28,30H,4-8,11-19,21H2,1-3H3. The molecule has 0 saturated heterocycles. The molecule has 0 aliphatic rings. The van der Waals surface area contributed by atoms with Crippen LogP contribution in [0.25, 0.3) is 0 Å². The summed E-state index contributed by atoms with van der Waals surface area (Å²) in [5.74, 6) is 0.0179. The highest BCUT2D eigenvalue weighted by molar-refractivity contribution is 8.00. The minimum absolute atomic E-state index is 0.0172. The summed E-state index contributed by atoms with van der Waals surface area (Å²) in [7, 11) is 2.80. The van der Waals surface area contributed by atoms with Crippen LogP contribution in [-0.4, -0.2) is 36.2 Å². The van der Waals surface area contributed by atoms with Crippen LogP contribution < -0.4 is 4.74 Å². The molecule has 0 spiro atoms. The monoisotopic (exact) mass is 480 g/mol. The van der Waals surface area contributed by atoms with Crippen LogP contribution in [-0.2, 0) is 16.0 Å². The normalized spacial score (nSPS) is 11.2. The molecule has 0 aromatic heterocycles. The van der Waals surface area contributed by atoms with Gasteiger partial charge in [0.1, 0.15) is 5.75 Å². The number of aromatic hydroxyl groups is 2. The fraction of sp³-hybridized carbons (Fsp3) is 0.667. The second-order valence-electron chi connectivity index (χ2n) is 8.45. The van der Waals surface area contributed by atoms with Crippen molar-refractivity contribution in [1.29, 1.82) is 0 Å². The van der Waals surface area contributed by atoms with Gasteiger partial charge in [-0.05, 0) is 38.5 Å². The Bertz CT molecular complexity index is 702. The maximum Gasteiger partial charge on any atom is 0.315 e. The zero-order chi connectivity index (χ0) is 24.3. The predicted molar refractivity (Wildman–Crippen MR) is 138 cm³/mol. The molecule has 0 bridgehead atoms. The number of hydrogen-bond acceptors (Lipinski definition) is 6. The Morgan fingerprint density at radius 3 is 2.06 bits per heavy atom. The zero-order valence-corrected chi connectivity index (χ0v) is 21.7. The van der Waals surface area contributed by atoms with E-state index in [0.717, 1.165) is 19.3 Å². The highest BCUT2D eigenvalue weighted by Crippen LogP contribution is 2.44. The van der Waals surface area contributed by atoms with Crippen molar-refractivity contribution in [3.63, 3.8) is 0 Å². The van der Waals surface area contributed by atoms with E-state index in [9.17, 15) is 15.0 Å². The average Bonchev–Trinajstić information content (AvgIpc) is 2.82. The molecule has 33 heavy (non-hydrogen) atoms. The Morgan fingerprint density at radius 2 is 1.48 bits per heavy atom. The molecule has 0 amide bonds. The molecule has 2 N–H and O–H groups in total. The van der Waals surface area contributed by atoms with Crippen molar-refractivity contribution in [2.45, 2.75) is 102 Å². The number of phenols is 2. The van der Waals surface area contributed by atoms with Gasteiger partial charge in [-0.3, -0.25) is 4.79 Å². The molecule has 1 aromatic rings. The molecular formula is C27H44O5S. The quantitative estimate of drug-likeness (QED) is 0.0699. The van der Waals surface area contributed by atoms with E-state index in [-0.39, 0.29) is 29.0 Å². The van der Waals surface area contributed by atoms with Gasteiger partial charge in [0.15, 0.2) is 11.5 Å². The van der Waals surface area contributed by atoms with Crippen LogP contribution in [0.3, 0.4) is 0 Å². The average molecular weight is 481 g/mol. The molecule has 1 rings (SSSR count). The Morgan fingerprint density at radius 1 is 0.909 bits per heavy atom. The first kappa shape index (κ1) is 29.2. The molecule has 0 aliphatic carbocycles. The van der Waals surface area contributed by atoms with E-state index >= 15 is 0 Å². The Balaban J connectivity index is 2.30. The summed E-state index contributed by atoms with van der Waals surface area (Å²) in [5.41, 5.74) is 0.641. The third-order valence-corrected chi connectivity index (χ3v) is 6.89. The van der Waals surface area contributed by atoms with Crippen LogP contribution >= 0.6 is 11.8 Å². The van der Waals surface area contributed by atoms with Gasteiger partial charge in [0.05, 0.1) is 24.9 Å². The smallest absolute Gasteiger partial charge is 0.315 e. The Hall–Kier alpha value is -1.82. The second-order valence-corrected chi connectivity index (χ2v) is 9.44. The van der Waals surface area contributed by atoms with Gasteiger partial charge < -0.3 is 19.7 Å². The van der Waals surface area contributed by atoms with E-state index in [4.69, 9.17) is 4.74 Å². The SMILES string of the molecule is CCCCCCC=CCCCCCCCCCc1c(O)c(OC)cc(O)c1SCC(=O)OC. The van der Waals surface area contributed by atoms with Gasteiger partial charge in [-0.2, -0.15) is 0 Å².